The number of unbranched alkanes of at least 4 members (excludes halogenated alkanes) is 42. The number of hydrogen-bond donors (Lipinski definition) is 3. The molecule has 2 atom stereocenters. The van der Waals surface area contributed by atoms with Crippen molar-refractivity contribution in [3.05, 3.63) is 48.6 Å². The van der Waals surface area contributed by atoms with E-state index in [4.69, 9.17) is 4.74 Å². The molecule has 2 unspecified atom stereocenters. The lowest BCUT2D eigenvalue weighted by Crippen LogP contribution is -2.45. The minimum absolute atomic E-state index is 0.00165. The molecule has 72 heavy (non-hydrogen) atoms. The van der Waals surface area contributed by atoms with Gasteiger partial charge in [-0.3, -0.25) is 9.59 Å². The highest BCUT2D eigenvalue weighted by molar-refractivity contribution is 5.76. The molecule has 0 aromatic carbocycles. The lowest BCUT2D eigenvalue weighted by molar-refractivity contribution is -0.143. The number of ether oxygens (including phenoxy) is 1. The summed E-state index contributed by atoms with van der Waals surface area (Å²) >= 11 is 0. The average Bonchev–Trinajstić information content (AvgIpc) is 3.38. The van der Waals surface area contributed by atoms with E-state index in [0.717, 1.165) is 57.8 Å². The summed E-state index contributed by atoms with van der Waals surface area (Å²) in [7, 11) is 0. The number of aliphatic hydroxyl groups excluding tert-OH is 2. The van der Waals surface area contributed by atoms with Gasteiger partial charge in [-0.2, -0.15) is 0 Å². The Hall–Kier alpha value is -2.18. The Bertz CT molecular complexity index is 1210. The minimum atomic E-state index is -0.851. The first-order valence-electron chi connectivity index (χ1n) is 31.9. The monoisotopic (exact) mass is 1010 g/mol. The third kappa shape index (κ3) is 57.1. The highest BCUT2D eigenvalue weighted by Crippen LogP contribution is 2.17. The van der Waals surface area contributed by atoms with Crippen LogP contribution in [0.25, 0.3) is 0 Å². The molecule has 0 aliphatic carbocycles. The van der Waals surface area contributed by atoms with E-state index >= 15 is 0 Å². The van der Waals surface area contributed by atoms with E-state index in [9.17, 15) is 19.8 Å². The predicted octanol–water partition coefficient (Wildman–Crippen LogP) is 20.1. The molecule has 0 rings (SSSR count). The molecule has 3 N–H and O–H groups in total. The second-order valence-electron chi connectivity index (χ2n) is 21.7. The van der Waals surface area contributed by atoms with Gasteiger partial charge in [0.25, 0.3) is 0 Å². The molecule has 422 valence electrons. The van der Waals surface area contributed by atoms with Crippen LogP contribution in [-0.4, -0.2) is 47.4 Å². The predicted molar refractivity (Wildman–Crippen MR) is 315 cm³/mol. The van der Waals surface area contributed by atoms with Gasteiger partial charge in [0.05, 0.1) is 25.4 Å². The molecule has 1 amide bonds. The molecule has 0 aromatic rings. The van der Waals surface area contributed by atoms with Gasteiger partial charge in [-0.25, -0.2) is 0 Å². The van der Waals surface area contributed by atoms with Crippen molar-refractivity contribution in [3.63, 3.8) is 0 Å². The Balaban J connectivity index is 3.45. The normalized spacial score (nSPS) is 12.9. The molecule has 6 heteroatoms. The SMILES string of the molecule is CCCCC/C=C\C/C=C\CCCCCCCCCCCC(=O)OCCCCCCCCCCC/C=C\CCCCCCCCCC(=O)NC(CO)C(O)/C=C/CCCCCCCCCCCCCCCC. The van der Waals surface area contributed by atoms with E-state index in [0.29, 0.717) is 19.4 Å². The van der Waals surface area contributed by atoms with Crippen molar-refractivity contribution >= 4 is 11.9 Å². The third-order valence-corrected chi connectivity index (χ3v) is 14.6. The number of hydrogen-bond acceptors (Lipinski definition) is 5. The lowest BCUT2D eigenvalue weighted by atomic mass is 10.0. The largest absolute Gasteiger partial charge is 0.466 e. The Morgan fingerprint density at radius 1 is 0.389 bits per heavy atom. The Morgan fingerprint density at radius 2 is 0.694 bits per heavy atom. The highest BCUT2D eigenvalue weighted by atomic mass is 16.5. The van der Waals surface area contributed by atoms with Crippen LogP contribution in [0, 0.1) is 0 Å². The quantitative estimate of drug-likeness (QED) is 0.0320. The first-order valence-corrected chi connectivity index (χ1v) is 31.9. The zero-order valence-electron chi connectivity index (χ0n) is 48.2. The molecule has 0 saturated heterocycles. The van der Waals surface area contributed by atoms with E-state index < -0.39 is 12.1 Å². The minimum Gasteiger partial charge on any atom is -0.466 e. The van der Waals surface area contributed by atoms with Crippen molar-refractivity contribution in [2.45, 2.75) is 347 Å². The fraction of sp³-hybridized carbons (Fsp3) is 0.848. The summed E-state index contributed by atoms with van der Waals surface area (Å²) in [6.07, 6.45) is 78.6. The van der Waals surface area contributed by atoms with Gasteiger partial charge in [0.15, 0.2) is 0 Å². The number of allylic oxidation sites excluding steroid dienone is 7. The summed E-state index contributed by atoms with van der Waals surface area (Å²) in [6, 6.07) is -0.635. The molecule has 0 heterocycles. The summed E-state index contributed by atoms with van der Waals surface area (Å²) in [6.45, 7) is 4.88. The van der Waals surface area contributed by atoms with Gasteiger partial charge in [0.1, 0.15) is 0 Å². The first kappa shape index (κ1) is 69.8. The van der Waals surface area contributed by atoms with Crippen molar-refractivity contribution in [1.82, 2.24) is 5.32 Å². The topological polar surface area (TPSA) is 95.9 Å². The van der Waals surface area contributed by atoms with Gasteiger partial charge < -0.3 is 20.3 Å². The van der Waals surface area contributed by atoms with Crippen LogP contribution in [0.2, 0.25) is 0 Å². The zero-order valence-corrected chi connectivity index (χ0v) is 48.2. The number of nitrogens with one attached hydrogen (secondary N) is 1. The van der Waals surface area contributed by atoms with Gasteiger partial charge in [-0.05, 0) is 89.9 Å². The second kappa shape index (κ2) is 61.4. The van der Waals surface area contributed by atoms with E-state index in [1.165, 1.54) is 250 Å². The second-order valence-corrected chi connectivity index (χ2v) is 21.7. The summed E-state index contributed by atoms with van der Waals surface area (Å²) in [4.78, 5) is 24.6. The maximum atomic E-state index is 12.5. The van der Waals surface area contributed by atoms with Crippen molar-refractivity contribution in [3.8, 4) is 0 Å². The summed E-state index contributed by atoms with van der Waals surface area (Å²) < 4.78 is 5.49. The van der Waals surface area contributed by atoms with E-state index in [1.807, 2.05) is 6.08 Å². The Morgan fingerprint density at radius 3 is 1.10 bits per heavy atom. The smallest absolute Gasteiger partial charge is 0.305 e. The van der Waals surface area contributed by atoms with Gasteiger partial charge in [0.2, 0.25) is 5.91 Å². The van der Waals surface area contributed by atoms with Crippen LogP contribution in [0.3, 0.4) is 0 Å². The fourth-order valence-electron chi connectivity index (χ4n) is 9.66. The molecular formula is C66H123NO5. The van der Waals surface area contributed by atoms with E-state index in [1.54, 1.807) is 6.08 Å². The Kier molecular flexibility index (Phi) is 59.5. The maximum absolute atomic E-state index is 12.5. The average molecular weight is 1010 g/mol. The molecule has 0 fully saturated rings. The molecular weight excluding hydrogens is 887 g/mol. The van der Waals surface area contributed by atoms with Gasteiger partial charge in [-0.15, -0.1) is 0 Å². The molecule has 0 aliphatic rings. The molecule has 0 spiro atoms. The number of amides is 1. The van der Waals surface area contributed by atoms with Crippen LogP contribution in [0.4, 0.5) is 0 Å². The van der Waals surface area contributed by atoms with Gasteiger partial charge >= 0.3 is 5.97 Å². The Labute approximate surface area is 448 Å². The standard InChI is InChI=1S/C66H123NO5/c1-3-5-7-9-11-13-15-17-19-21-24-28-32-36-40-44-48-52-56-60-66(71)72-61-57-53-49-45-41-37-33-29-26-23-22-25-27-31-35-39-43-47-51-55-59-65(70)67-63(62-68)64(69)58-54-50-46-42-38-34-30-20-18-16-14-12-10-8-6-4-2/h11,13,17,19,22,25,54,58,63-64,68-69H,3-10,12,14-16,18,20-21,23-24,26-53,55-57,59-62H2,1-2H3,(H,67,70)/b13-11-,19-17-,25-22-,58-54+. The molecule has 0 radical (unpaired) electrons. The molecule has 0 aliphatic heterocycles. The molecule has 6 nitrogen and oxygen atoms in total. The van der Waals surface area contributed by atoms with Crippen molar-refractivity contribution in [2.75, 3.05) is 13.2 Å². The van der Waals surface area contributed by atoms with Crippen LogP contribution >= 0.6 is 0 Å². The number of esters is 1. The van der Waals surface area contributed by atoms with Gasteiger partial charge in [0, 0.05) is 12.8 Å². The first-order chi connectivity index (χ1) is 35.5. The number of carbonyl (C=O) groups is 2. The lowest BCUT2D eigenvalue weighted by Gasteiger charge is -2.20. The van der Waals surface area contributed by atoms with Gasteiger partial charge in [-0.1, -0.05) is 281 Å². The van der Waals surface area contributed by atoms with E-state index in [-0.39, 0.29) is 18.5 Å². The maximum Gasteiger partial charge on any atom is 0.305 e. The molecule has 0 aromatic heterocycles. The highest BCUT2D eigenvalue weighted by Gasteiger charge is 2.18. The summed E-state index contributed by atoms with van der Waals surface area (Å²) in [5.41, 5.74) is 0. The van der Waals surface area contributed by atoms with Crippen LogP contribution < -0.4 is 5.32 Å². The third-order valence-electron chi connectivity index (χ3n) is 14.6. The molecule has 0 bridgehead atoms. The fourth-order valence-corrected chi connectivity index (χ4v) is 9.66. The van der Waals surface area contributed by atoms with E-state index in [2.05, 4.69) is 55.6 Å². The number of rotatable bonds is 59. The number of aliphatic hydroxyl groups is 2. The van der Waals surface area contributed by atoms with Crippen LogP contribution in [0.5, 0.6) is 0 Å². The van der Waals surface area contributed by atoms with Crippen molar-refractivity contribution in [1.29, 1.82) is 0 Å². The van der Waals surface area contributed by atoms with Crippen LogP contribution in [-0.2, 0) is 14.3 Å². The van der Waals surface area contributed by atoms with Crippen molar-refractivity contribution < 1.29 is 24.5 Å². The van der Waals surface area contributed by atoms with Crippen molar-refractivity contribution in [2.24, 2.45) is 0 Å². The zero-order chi connectivity index (χ0) is 52.2. The number of carbonyl (C=O) groups excluding carboxylic acids is 2. The molecule has 0 saturated carbocycles. The summed E-state index contributed by atoms with van der Waals surface area (Å²) in [5, 5.41) is 23.1. The van der Waals surface area contributed by atoms with Crippen LogP contribution in [0.15, 0.2) is 48.6 Å². The summed E-state index contributed by atoms with van der Waals surface area (Å²) in [5.74, 6) is -0.0741. The van der Waals surface area contributed by atoms with Crippen LogP contribution in [0.1, 0.15) is 335 Å².